The van der Waals surface area contributed by atoms with Gasteiger partial charge >= 0.3 is 5.97 Å². The first-order valence-electron chi connectivity index (χ1n) is 5.61. The summed E-state index contributed by atoms with van der Waals surface area (Å²) < 4.78 is 4.59. The predicted octanol–water partition coefficient (Wildman–Crippen LogP) is 0.412. The van der Waals surface area contributed by atoms with Crippen molar-refractivity contribution in [1.29, 1.82) is 0 Å². The summed E-state index contributed by atoms with van der Waals surface area (Å²) in [4.78, 5) is 19.4. The highest BCUT2D eigenvalue weighted by Gasteiger charge is 2.30. The first kappa shape index (κ1) is 11.8. The Morgan fingerprint density at radius 3 is 3.00 bits per heavy atom. The number of carbonyl (C=O) groups is 1. The zero-order valence-electron chi connectivity index (χ0n) is 9.72. The van der Waals surface area contributed by atoms with Crippen LogP contribution in [0.15, 0.2) is 12.4 Å². The summed E-state index contributed by atoms with van der Waals surface area (Å²) in [5, 5.41) is 3.20. The number of ether oxygens (including phenoxy) is 1. The van der Waals surface area contributed by atoms with Crippen molar-refractivity contribution < 1.29 is 9.53 Å². The Hall–Kier alpha value is -1.69. The third-order valence-electron chi connectivity index (χ3n) is 2.81. The largest absolute Gasteiger partial charge is 0.464 e. The van der Waals surface area contributed by atoms with Gasteiger partial charge in [-0.2, -0.15) is 0 Å². The number of nitrogens with two attached hydrogens (primary N) is 1. The summed E-state index contributed by atoms with van der Waals surface area (Å²) in [6.07, 6.45) is 5.35. The van der Waals surface area contributed by atoms with Gasteiger partial charge in [0.25, 0.3) is 0 Å². The molecule has 1 atom stereocenters. The Bertz CT molecular complexity index is 406. The molecular weight excluding hydrogens is 220 g/mol. The van der Waals surface area contributed by atoms with Crippen LogP contribution in [0, 0.1) is 5.92 Å². The molecule has 2 rings (SSSR count). The zero-order chi connectivity index (χ0) is 12.3. The zero-order valence-corrected chi connectivity index (χ0v) is 9.72. The second-order valence-corrected chi connectivity index (χ2v) is 4.11. The molecule has 1 heterocycles. The first-order valence-corrected chi connectivity index (χ1v) is 5.61. The van der Waals surface area contributed by atoms with Gasteiger partial charge in [-0.3, -0.25) is 4.98 Å². The van der Waals surface area contributed by atoms with Crippen molar-refractivity contribution in [3.05, 3.63) is 18.1 Å². The number of anilines is 1. The maximum absolute atomic E-state index is 11.3. The van der Waals surface area contributed by atoms with Crippen LogP contribution in [0.4, 0.5) is 5.82 Å². The number of methoxy groups -OCH3 is 1. The number of esters is 1. The lowest BCUT2D eigenvalue weighted by Crippen LogP contribution is -2.31. The molecule has 0 spiro atoms. The fourth-order valence-corrected chi connectivity index (χ4v) is 1.70. The third kappa shape index (κ3) is 2.91. The smallest absolute Gasteiger partial charge is 0.358 e. The molecule has 0 radical (unpaired) electrons. The molecule has 0 saturated heterocycles. The minimum Gasteiger partial charge on any atom is -0.464 e. The van der Waals surface area contributed by atoms with Gasteiger partial charge in [0.15, 0.2) is 5.69 Å². The molecule has 0 aliphatic heterocycles. The normalized spacial score (nSPS) is 16.4. The van der Waals surface area contributed by atoms with Crippen LogP contribution in [0.1, 0.15) is 23.3 Å². The Balaban J connectivity index is 2.07. The highest BCUT2D eigenvalue weighted by molar-refractivity contribution is 5.87. The number of aromatic nitrogens is 2. The molecule has 0 bridgehead atoms. The van der Waals surface area contributed by atoms with E-state index in [1.165, 1.54) is 26.1 Å². The van der Waals surface area contributed by atoms with Crippen molar-refractivity contribution in [1.82, 2.24) is 9.97 Å². The highest BCUT2D eigenvalue weighted by Crippen LogP contribution is 2.33. The van der Waals surface area contributed by atoms with E-state index >= 15 is 0 Å². The lowest BCUT2D eigenvalue weighted by Gasteiger charge is -2.16. The van der Waals surface area contributed by atoms with E-state index in [9.17, 15) is 4.79 Å². The molecule has 1 aromatic rings. The number of hydrogen-bond donors (Lipinski definition) is 2. The van der Waals surface area contributed by atoms with E-state index in [0.717, 1.165) is 0 Å². The van der Waals surface area contributed by atoms with Crippen LogP contribution in [-0.2, 0) is 4.74 Å². The first-order chi connectivity index (χ1) is 8.24. The summed E-state index contributed by atoms with van der Waals surface area (Å²) in [6.45, 7) is 0.550. The standard InChI is InChI=1S/C11H16N4O2/c1-17-11(16)9-5-13-6-10(15-9)14-8(4-12)7-2-3-7/h5-8H,2-4,12H2,1H3,(H,14,15). The Morgan fingerprint density at radius 2 is 2.41 bits per heavy atom. The van der Waals surface area contributed by atoms with Crippen LogP contribution in [0.3, 0.4) is 0 Å². The molecule has 1 saturated carbocycles. The van der Waals surface area contributed by atoms with Crippen molar-refractivity contribution in [2.75, 3.05) is 19.0 Å². The monoisotopic (exact) mass is 236 g/mol. The van der Waals surface area contributed by atoms with E-state index in [1.54, 1.807) is 6.20 Å². The van der Waals surface area contributed by atoms with E-state index in [-0.39, 0.29) is 11.7 Å². The topological polar surface area (TPSA) is 90.1 Å². The summed E-state index contributed by atoms with van der Waals surface area (Å²) in [5.74, 6) is 0.690. The average molecular weight is 236 g/mol. The Morgan fingerprint density at radius 1 is 1.65 bits per heavy atom. The van der Waals surface area contributed by atoms with E-state index in [1.807, 2.05) is 0 Å². The molecule has 0 amide bonds. The van der Waals surface area contributed by atoms with E-state index in [4.69, 9.17) is 5.73 Å². The highest BCUT2D eigenvalue weighted by atomic mass is 16.5. The number of carbonyl (C=O) groups excluding carboxylic acids is 1. The van der Waals surface area contributed by atoms with Crippen molar-refractivity contribution >= 4 is 11.8 Å². The minimum absolute atomic E-state index is 0.198. The van der Waals surface area contributed by atoms with Crippen LogP contribution >= 0.6 is 0 Å². The van der Waals surface area contributed by atoms with E-state index in [2.05, 4.69) is 20.0 Å². The van der Waals surface area contributed by atoms with E-state index < -0.39 is 5.97 Å². The SMILES string of the molecule is COC(=O)c1cncc(NC(CN)C2CC2)n1. The quantitative estimate of drug-likeness (QED) is 0.720. The molecule has 1 aliphatic carbocycles. The van der Waals surface area contributed by atoms with Gasteiger partial charge in [0.2, 0.25) is 0 Å². The van der Waals surface area contributed by atoms with Crippen molar-refractivity contribution in [3.8, 4) is 0 Å². The van der Waals surface area contributed by atoms with Crippen LogP contribution in [-0.4, -0.2) is 35.6 Å². The number of nitrogens with one attached hydrogen (secondary N) is 1. The summed E-state index contributed by atoms with van der Waals surface area (Å²) in [7, 11) is 1.32. The molecular formula is C11H16N4O2. The molecule has 1 aromatic heterocycles. The third-order valence-corrected chi connectivity index (χ3v) is 2.81. The van der Waals surface area contributed by atoms with Crippen molar-refractivity contribution in [3.63, 3.8) is 0 Å². The molecule has 1 aliphatic rings. The predicted molar refractivity (Wildman–Crippen MR) is 62.6 cm³/mol. The molecule has 6 nitrogen and oxygen atoms in total. The summed E-state index contributed by atoms with van der Waals surface area (Å²) >= 11 is 0. The van der Waals surface area contributed by atoms with Crippen LogP contribution in [0.5, 0.6) is 0 Å². The second kappa shape index (κ2) is 5.09. The van der Waals surface area contributed by atoms with E-state index in [0.29, 0.717) is 18.3 Å². The summed E-state index contributed by atoms with van der Waals surface area (Å²) in [5.41, 5.74) is 5.88. The van der Waals surface area contributed by atoms with Gasteiger partial charge in [-0.05, 0) is 18.8 Å². The van der Waals surface area contributed by atoms with Crippen LogP contribution in [0.2, 0.25) is 0 Å². The lowest BCUT2D eigenvalue weighted by molar-refractivity contribution is 0.0593. The van der Waals surface area contributed by atoms with Gasteiger partial charge in [-0.25, -0.2) is 9.78 Å². The lowest BCUT2D eigenvalue weighted by atomic mass is 10.2. The maximum atomic E-state index is 11.3. The Kier molecular flexibility index (Phi) is 3.53. The average Bonchev–Trinajstić information content (AvgIpc) is 3.19. The van der Waals surface area contributed by atoms with Crippen molar-refractivity contribution in [2.45, 2.75) is 18.9 Å². The summed E-state index contributed by atoms with van der Waals surface area (Å²) in [6, 6.07) is 0.206. The van der Waals surface area contributed by atoms with Gasteiger partial charge in [0.1, 0.15) is 5.82 Å². The molecule has 6 heteroatoms. The fraction of sp³-hybridized carbons (Fsp3) is 0.545. The van der Waals surface area contributed by atoms with Gasteiger partial charge < -0.3 is 15.8 Å². The maximum Gasteiger partial charge on any atom is 0.358 e. The molecule has 17 heavy (non-hydrogen) atoms. The molecule has 1 fully saturated rings. The number of rotatable bonds is 5. The molecule has 92 valence electrons. The minimum atomic E-state index is -0.489. The second-order valence-electron chi connectivity index (χ2n) is 4.11. The number of nitrogens with zero attached hydrogens (tertiary/aromatic N) is 2. The van der Waals surface area contributed by atoms with Crippen molar-refractivity contribution in [2.24, 2.45) is 11.7 Å². The number of hydrogen-bond acceptors (Lipinski definition) is 6. The Labute approximate surface area is 99.6 Å². The van der Waals surface area contributed by atoms with Gasteiger partial charge in [0, 0.05) is 12.6 Å². The van der Waals surface area contributed by atoms with Crippen LogP contribution in [0.25, 0.3) is 0 Å². The van der Waals surface area contributed by atoms with Gasteiger partial charge in [0.05, 0.1) is 19.5 Å². The molecule has 0 aromatic carbocycles. The fourth-order valence-electron chi connectivity index (χ4n) is 1.70. The molecule has 3 N–H and O–H groups in total. The van der Waals surface area contributed by atoms with Gasteiger partial charge in [-0.1, -0.05) is 0 Å². The molecule has 1 unspecified atom stereocenters. The van der Waals surface area contributed by atoms with Crippen LogP contribution < -0.4 is 11.1 Å². The van der Waals surface area contributed by atoms with Gasteiger partial charge in [-0.15, -0.1) is 0 Å².